The molecule has 0 saturated heterocycles. The van der Waals surface area contributed by atoms with Crippen molar-refractivity contribution in [2.24, 2.45) is 0 Å². The smallest absolute Gasteiger partial charge is 0.309 e. The van der Waals surface area contributed by atoms with Crippen LogP contribution in [0.15, 0.2) is 133 Å². The highest BCUT2D eigenvalue weighted by Gasteiger charge is 2.34. The molecule has 0 aliphatic rings. The maximum absolute atomic E-state index is 14.7. The van der Waals surface area contributed by atoms with Gasteiger partial charge in [0.25, 0.3) is 0 Å². The molecule has 0 bridgehead atoms. The molecule has 7 aromatic carbocycles. The zero-order valence-corrected chi connectivity index (χ0v) is 40.9. The lowest BCUT2D eigenvalue weighted by molar-refractivity contribution is -0.138. The Morgan fingerprint density at radius 3 is 0.735 bits per heavy atom. The summed E-state index contributed by atoms with van der Waals surface area (Å²) in [6.45, 7) is 25.9. The molecule has 0 spiro atoms. The second-order valence-corrected chi connectivity index (χ2v) is 22.6. The number of rotatable bonds is 4. The first-order valence-corrected chi connectivity index (χ1v) is 23.2. The van der Waals surface area contributed by atoms with E-state index in [1.165, 1.54) is 24.3 Å². The maximum Gasteiger partial charge on any atom is 0.416 e. The predicted octanol–water partition coefficient (Wildman–Crippen LogP) is 18.4. The molecule has 2 aromatic heterocycles. The summed E-state index contributed by atoms with van der Waals surface area (Å²) < 4.78 is 92.0. The highest BCUT2D eigenvalue weighted by molar-refractivity contribution is 6.11. The second-order valence-electron chi connectivity index (χ2n) is 22.6. The fourth-order valence-corrected chi connectivity index (χ4v) is 9.54. The van der Waals surface area contributed by atoms with Crippen LogP contribution in [0.2, 0.25) is 0 Å². The molecule has 350 valence electrons. The molecule has 0 aliphatic heterocycles. The topological polar surface area (TPSA) is 9.86 Å². The molecular weight excluding hydrogens is 863 g/mol. The standard InChI is InChI=1S/C60H58F6N2/c1-55(2,3)37-17-23-51-45(29-37)46-30-38(56(4,5)6)18-24-52(46)67(51)49-27-21-41(59(61,62)63)33-43(49)35-13-15-36(16-14-35)44-34-42(60(64,65)66)22-28-50(44)68-53-25-19-39(57(7,8)9)31-47(53)48-32-40(58(10,11)12)20-26-54(48)68/h13-34H,1-12H3. The Labute approximate surface area is 395 Å². The van der Waals surface area contributed by atoms with E-state index in [1.54, 1.807) is 24.3 Å². The Morgan fingerprint density at radius 1 is 0.279 bits per heavy atom. The van der Waals surface area contributed by atoms with Crippen LogP contribution >= 0.6 is 0 Å². The second kappa shape index (κ2) is 15.6. The average molecular weight is 921 g/mol. The van der Waals surface area contributed by atoms with E-state index in [1.807, 2.05) is 9.13 Å². The molecule has 0 saturated carbocycles. The lowest BCUT2D eigenvalue weighted by Gasteiger charge is -2.20. The van der Waals surface area contributed by atoms with Crippen LogP contribution in [0.4, 0.5) is 26.3 Å². The van der Waals surface area contributed by atoms with Crippen molar-refractivity contribution in [2.75, 3.05) is 0 Å². The van der Waals surface area contributed by atoms with Crippen LogP contribution in [0.1, 0.15) is 116 Å². The molecule has 0 N–H and O–H groups in total. The van der Waals surface area contributed by atoms with Crippen LogP contribution in [-0.2, 0) is 34.0 Å². The van der Waals surface area contributed by atoms with Crippen molar-refractivity contribution in [3.05, 3.63) is 167 Å². The molecule has 0 amide bonds. The van der Waals surface area contributed by atoms with Gasteiger partial charge in [0.2, 0.25) is 0 Å². The van der Waals surface area contributed by atoms with E-state index in [2.05, 4.69) is 156 Å². The Kier molecular flexibility index (Phi) is 10.8. The Bertz CT molecular complexity index is 3070. The summed E-state index contributed by atoms with van der Waals surface area (Å²) in [5, 5.41) is 3.97. The fourth-order valence-electron chi connectivity index (χ4n) is 9.54. The first kappa shape index (κ1) is 46.8. The van der Waals surface area contributed by atoms with Crippen LogP contribution < -0.4 is 0 Å². The van der Waals surface area contributed by atoms with Gasteiger partial charge in [-0.15, -0.1) is 0 Å². The lowest BCUT2D eigenvalue weighted by atomic mass is 9.85. The molecule has 68 heavy (non-hydrogen) atoms. The van der Waals surface area contributed by atoms with Crippen LogP contribution in [0.3, 0.4) is 0 Å². The van der Waals surface area contributed by atoms with Crippen molar-refractivity contribution in [3.63, 3.8) is 0 Å². The molecule has 0 fully saturated rings. The molecule has 2 heterocycles. The van der Waals surface area contributed by atoms with E-state index in [0.717, 1.165) is 78.0 Å². The predicted molar refractivity (Wildman–Crippen MR) is 271 cm³/mol. The van der Waals surface area contributed by atoms with Gasteiger partial charge in [0.15, 0.2) is 0 Å². The van der Waals surface area contributed by atoms with Crippen LogP contribution in [0.5, 0.6) is 0 Å². The molecule has 2 nitrogen and oxygen atoms in total. The van der Waals surface area contributed by atoms with Crippen molar-refractivity contribution in [1.82, 2.24) is 9.13 Å². The molecule has 0 aliphatic carbocycles. The van der Waals surface area contributed by atoms with E-state index in [-0.39, 0.29) is 21.7 Å². The average Bonchev–Trinajstić information content (AvgIpc) is 3.75. The van der Waals surface area contributed by atoms with Gasteiger partial charge in [0, 0.05) is 32.7 Å². The van der Waals surface area contributed by atoms with Crippen molar-refractivity contribution in [1.29, 1.82) is 0 Å². The summed E-state index contributed by atoms with van der Waals surface area (Å²) in [4.78, 5) is 0. The zero-order chi connectivity index (χ0) is 49.3. The SMILES string of the molecule is CC(C)(C)c1ccc2c(c1)c1cc(C(C)(C)C)ccc1n2-c1ccc(C(F)(F)F)cc1-c1ccc(-c2cc(C(F)(F)F)ccc2-n2c3ccc(C(C)(C)C)cc3c3cc(C(C)(C)C)ccc32)cc1. The van der Waals surface area contributed by atoms with Crippen molar-refractivity contribution in [3.8, 4) is 33.6 Å². The number of benzene rings is 7. The number of alkyl halides is 6. The summed E-state index contributed by atoms with van der Waals surface area (Å²) in [6, 6.07) is 39.8. The minimum atomic E-state index is -4.63. The van der Waals surface area contributed by atoms with Gasteiger partial charge in [-0.05, 0) is 140 Å². The summed E-state index contributed by atoms with van der Waals surface area (Å²) in [5.74, 6) is 0. The Balaban J connectivity index is 1.27. The van der Waals surface area contributed by atoms with Crippen molar-refractivity contribution in [2.45, 2.75) is 117 Å². The van der Waals surface area contributed by atoms with Gasteiger partial charge < -0.3 is 9.13 Å². The summed E-state index contributed by atoms with van der Waals surface area (Å²) >= 11 is 0. The summed E-state index contributed by atoms with van der Waals surface area (Å²) in [7, 11) is 0. The third-order valence-corrected chi connectivity index (χ3v) is 13.6. The summed E-state index contributed by atoms with van der Waals surface area (Å²) in [5.41, 5.74) is 8.43. The van der Waals surface area contributed by atoms with E-state index in [4.69, 9.17) is 0 Å². The van der Waals surface area contributed by atoms with Gasteiger partial charge in [-0.25, -0.2) is 0 Å². The quantitative estimate of drug-likeness (QED) is 0.156. The highest BCUT2D eigenvalue weighted by atomic mass is 19.4. The molecule has 9 rings (SSSR count). The molecular formula is C60H58F6N2. The summed E-state index contributed by atoms with van der Waals surface area (Å²) in [6.07, 6.45) is -9.26. The molecule has 8 heteroatoms. The van der Waals surface area contributed by atoms with E-state index in [9.17, 15) is 26.3 Å². The maximum atomic E-state index is 14.7. The van der Waals surface area contributed by atoms with E-state index < -0.39 is 23.5 Å². The van der Waals surface area contributed by atoms with E-state index >= 15 is 0 Å². The van der Waals surface area contributed by atoms with Crippen LogP contribution in [0.25, 0.3) is 77.2 Å². The van der Waals surface area contributed by atoms with Crippen LogP contribution in [0, 0.1) is 0 Å². The minimum absolute atomic E-state index is 0.155. The highest BCUT2D eigenvalue weighted by Crippen LogP contribution is 2.45. The zero-order valence-electron chi connectivity index (χ0n) is 40.9. The number of hydrogen-bond acceptors (Lipinski definition) is 0. The van der Waals surface area contributed by atoms with Crippen LogP contribution in [-0.4, -0.2) is 9.13 Å². The number of fused-ring (bicyclic) bond motifs is 6. The molecule has 0 radical (unpaired) electrons. The largest absolute Gasteiger partial charge is 0.416 e. The third kappa shape index (κ3) is 8.28. The molecule has 9 aromatic rings. The van der Waals surface area contributed by atoms with E-state index in [0.29, 0.717) is 33.6 Å². The van der Waals surface area contributed by atoms with Gasteiger partial charge in [-0.2, -0.15) is 26.3 Å². The molecule has 0 unspecified atom stereocenters. The Morgan fingerprint density at radius 2 is 0.515 bits per heavy atom. The van der Waals surface area contributed by atoms with Gasteiger partial charge in [-0.1, -0.05) is 132 Å². The van der Waals surface area contributed by atoms with Crippen molar-refractivity contribution >= 4 is 43.6 Å². The number of nitrogens with zero attached hydrogens (tertiary/aromatic N) is 2. The Hall–Kier alpha value is -6.28. The van der Waals surface area contributed by atoms with Gasteiger partial charge in [-0.3, -0.25) is 0 Å². The third-order valence-electron chi connectivity index (χ3n) is 13.6. The number of hydrogen-bond donors (Lipinski definition) is 0. The molecule has 0 atom stereocenters. The first-order chi connectivity index (χ1) is 31.5. The minimum Gasteiger partial charge on any atom is -0.309 e. The first-order valence-electron chi connectivity index (χ1n) is 23.2. The fraction of sp³-hybridized carbons (Fsp3) is 0.300. The van der Waals surface area contributed by atoms with Gasteiger partial charge in [0.05, 0.1) is 44.6 Å². The number of halogens is 6. The van der Waals surface area contributed by atoms with Gasteiger partial charge in [0.1, 0.15) is 0 Å². The normalized spacial score (nSPS) is 13.4. The monoisotopic (exact) mass is 920 g/mol. The lowest BCUT2D eigenvalue weighted by Crippen LogP contribution is -2.10. The van der Waals surface area contributed by atoms with Crippen molar-refractivity contribution < 1.29 is 26.3 Å². The van der Waals surface area contributed by atoms with Gasteiger partial charge >= 0.3 is 12.4 Å². The number of aromatic nitrogens is 2.